The van der Waals surface area contributed by atoms with E-state index in [9.17, 15) is 13.2 Å². The Morgan fingerprint density at radius 3 is 1.42 bits per heavy atom. The molecule has 2 aliphatic carbocycles. The van der Waals surface area contributed by atoms with Gasteiger partial charge in [0.25, 0.3) is 0 Å². The number of benzene rings is 5. The van der Waals surface area contributed by atoms with E-state index in [-0.39, 0.29) is 11.5 Å². The van der Waals surface area contributed by atoms with Gasteiger partial charge >= 0.3 is 6.18 Å². The first-order valence-electron chi connectivity index (χ1n) is 16.2. The third-order valence-corrected chi connectivity index (χ3v) is 11.0. The summed E-state index contributed by atoms with van der Waals surface area (Å²) >= 11 is 5.97. The first-order chi connectivity index (χ1) is 23.9. The number of fused-ring (bicyclic) bond motifs is 5. The van der Waals surface area contributed by atoms with Crippen molar-refractivity contribution in [2.24, 2.45) is 11.8 Å². The molecule has 1 aliphatic heterocycles. The van der Waals surface area contributed by atoms with Gasteiger partial charge in [-0.05, 0) is 65.4 Å². The molecular weight excluding hydrogens is 659 g/mol. The van der Waals surface area contributed by atoms with Gasteiger partial charge in [0.2, 0.25) is 11.8 Å². The van der Waals surface area contributed by atoms with E-state index in [0.29, 0.717) is 33.4 Å². The van der Waals surface area contributed by atoms with E-state index in [0.717, 1.165) is 28.2 Å². The smallest absolute Gasteiger partial charge is 0.297 e. The summed E-state index contributed by atoms with van der Waals surface area (Å²) in [5, 5.41) is -0.553. The fraction of sp³-hybridized carbons (Fsp3) is 0.167. The molecule has 5 aromatic rings. The van der Waals surface area contributed by atoms with Crippen LogP contribution in [-0.4, -0.2) is 17.6 Å². The molecule has 0 spiro atoms. The molecule has 0 N–H and O–H groups in total. The molecule has 8 heteroatoms. The number of hydrogen-bond acceptors (Lipinski definition) is 3. The Bertz CT molecular complexity index is 2120. The third-order valence-electron chi connectivity index (χ3n) is 10.6. The minimum atomic E-state index is -4.83. The van der Waals surface area contributed by atoms with Gasteiger partial charge in [-0.15, -0.1) is 0 Å². The highest BCUT2D eigenvalue weighted by Gasteiger charge is 2.82. The number of rotatable bonds is 5. The van der Waals surface area contributed by atoms with Gasteiger partial charge in [-0.2, -0.15) is 13.2 Å². The summed E-state index contributed by atoms with van der Waals surface area (Å²) in [5.74, 6) is -4.31. The Morgan fingerprint density at radius 1 is 0.600 bits per heavy atom. The van der Waals surface area contributed by atoms with Gasteiger partial charge in [-0.1, -0.05) is 132 Å². The molecule has 1 heterocycles. The number of hydrogen-bond donors (Lipinski definition) is 0. The van der Waals surface area contributed by atoms with Crippen molar-refractivity contribution in [1.82, 2.24) is 0 Å². The minimum Gasteiger partial charge on any atom is -0.297 e. The van der Waals surface area contributed by atoms with Gasteiger partial charge in [-0.25, -0.2) is 4.90 Å². The molecule has 0 aromatic heterocycles. The fourth-order valence-electron chi connectivity index (χ4n) is 8.69. The quantitative estimate of drug-likeness (QED) is 0.173. The number of anilines is 1. The summed E-state index contributed by atoms with van der Waals surface area (Å²) in [7, 11) is 0. The molecule has 2 amide bonds. The molecule has 1 saturated heterocycles. The number of ketones is 1. The predicted octanol–water partition coefficient (Wildman–Crippen LogP) is 9.16. The maximum Gasteiger partial charge on any atom is 0.417 e. The lowest BCUT2D eigenvalue weighted by Crippen LogP contribution is -2.45. The molecule has 8 rings (SSSR count). The average Bonchev–Trinajstić information content (AvgIpc) is 3.61. The van der Waals surface area contributed by atoms with E-state index in [1.165, 1.54) is 6.07 Å². The number of imide groups is 1. The van der Waals surface area contributed by atoms with Gasteiger partial charge in [0, 0.05) is 0 Å². The van der Waals surface area contributed by atoms with Crippen LogP contribution in [0.1, 0.15) is 38.9 Å². The average molecular weight is 688 g/mol. The lowest BCUT2D eigenvalue weighted by atomic mass is 9.59. The highest BCUT2D eigenvalue weighted by atomic mass is 35.5. The van der Waals surface area contributed by atoms with Gasteiger partial charge < -0.3 is 0 Å². The number of Topliss-reactive ketones (excluding diaryl/α,β-unsaturated/α-hetero) is 1. The third kappa shape index (κ3) is 4.16. The summed E-state index contributed by atoms with van der Waals surface area (Å²) in [5.41, 5.74) is 0.940. The topological polar surface area (TPSA) is 54.5 Å². The molecule has 4 nitrogen and oxygen atoms in total. The van der Waals surface area contributed by atoms with Crippen LogP contribution in [0.25, 0.3) is 11.1 Å². The van der Waals surface area contributed by atoms with Crippen LogP contribution in [0.3, 0.4) is 0 Å². The van der Waals surface area contributed by atoms with Crippen LogP contribution in [0.4, 0.5) is 18.9 Å². The van der Waals surface area contributed by atoms with Gasteiger partial charge in [-0.3, -0.25) is 14.4 Å². The maximum atomic E-state index is 16.0. The minimum absolute atomic E-state index is 0.252. The van der Waals surface area contributed by atoms with Crippen LogP contribution < -0.4 is 4.90 Å². The number of aryl methyl sites for hydroxylation is 2. The number of nitrogens with zero attached hydrogens (tertiary/aromatic N) is 1. The van der Waals surface area contributed by atoms with Gasteiger partial charge in [0.1, 0.15) is 0 Å². The van der Waals surface area contributed by atoms with E-state index in [1.54, 1.807) is 48.5 Å². The lowest BCUT2D eigenvalue weighted by Gasteiger charge is -2.39. The predicted molar refractivity (Wildman–Crippen MR) is 186 cm³/mol. The van der Waals surface area contributed by atoms with Crippen molar-refractivity contribution >= 4 is 46.0 Å². The zero-order chi connectivity index (χ0) is 35.2. The highest BCUT2D eigenvalue weighted by Crippen LogP contribution is 2.74. The van der Waals surface area contributed by atoms with Crippen molar-refractivity contribution in [2.45, 2.75) is 30.9 Å². The molecule has 0 radical (unpaired) electrons. The monoisotopic (exact) mass is 687 g/mol. The SMILES string of the molecule is Cc1ccc(C2=C(c3ccc(C)cc3)[C@@]3(c4ccccc4)C(=O)[C@@]2(c2ccccc2)[C@@H]2C(=O)N(c4ccc(Cl)c(C(F)(F)F)c4)C(=O)[C@H]23)cc1. The second-order valence-corrected chi connectivity index (χ2v) is 13.7. The molecule has 1 saturated carbocycles. The molecule has 0 unspecified atom stereocenters. The largest absolute Gasteiger partial charge is 0.417 e. The van der Waals surface area contributed by atoms with E-state index >= 15 is 14.4 Å². The normalized spacial score (nSPS) is 24.4. The van der Waals surface area contributed by atoms with E-state index < -0.39 is 51.2 Å². The van der Waals surface area contributed by atoms with Gasteiger partial charge in [0.05, 0.1) is 38.9 Å². The van der Waals surface area contributed by atoms with E-state index in [1.807, 2.05) is 74.5 Å². The standard InChI is InChI=1S/C42H29ClF3NO3/c1-24-13-17-26(18-14-24)33-34(27-19-15-25(2)16-20-27)41(29-11-7-4-8-12-29)36-35(40(33,39(41)50)28-9-5-3-6-10-28)37(48)47(38(36)49)30-21-22-32(43)31(23-30)42(44,45)46/h3-23,35-36H,1-2H3/t35-,36-,40+,41+/m0/s1. The molecule has 3 aliphatic rings. The fourth-order valence-corrected chi connectivity index (χ4v) is 8.91. The number of alkyl halides is 3. The molecule has 4 atom stereocenters. The van der Waals surface area contributed by atoms with Crippen LogP contribution in [0.5, 0.6) is 0 Å². The van der Waals surface area contributed by atoms with Crippen molar-refractivity contribution in [3.05, 3.63) is 171 Å². The van der Waals surface area contributed by atoms with Crippen molar-refractivity contribution in [2.75, 3.05) is 4.90 Å². The van der Waals surface area contributed by atoms with Crippen molar-refractivity contribution in [3.8, 4) is 0 Å². The maximum absolute atomic E-state index is 16.0. The van der Waals surface area contributed by atoms with Crippen LogP contribution in [0.15, 0.2) is 127 Å². The summed E-state index contributed by atoms with van der Waals surface area (Å²) in [4.78, 5) is 46.9. The lowest BCUT2D eigenvalue weighted by molar-refractivity contribution is -0.137. The number of carbonyl (C=O) groups excluding carboxylic acids is 3. The zero-order valence-corrected chi connectivity index (χ0v) is 27.7. The molecule has 5 aromatic carbocycles. The second kappa shape index (κ2) is 11.1. The van der Waals surface area contributed by atoms with E-state index in [2.05, 4.69) is 0 Å². The summed E-state index contributed by atoms with van der Waals surface area (Å²) in [6.45, 7) is 3.91. The summed E-state index contributed by atoms with van der Waals surface area (Å²) in [6.07, 6.45) is -4.83. The van der Waals surface area contributed by atoms with Crippen LogP contribution in [-0.2, 0) is 31.4 Å². The number of carbonyl (C=O) groups is 3. The van der Waals surface area contributed by atoms with Crippen LogP contribution in [0, 0.1) is 25.7 Å². The second-order valence-electron chi connectivity index (χ2n) is 13.3. The number of halogens is 4. The highest BCUT2D eigenvalue weighted by molar-refractivity contribution is 6.39. The Labute approximate surface area is 291 Å². The van der Waals surface area contributed by atoms with Gasteiger partial charge in [0.15, 0.2) is 5.78 Å². The van der Waals surface area contributed by atoms with Crippen LogP contribution >= 0.6 is 11.6 Å². The molecule has 2 bridgehead atoms. The number of amides is 2. The van der Waals surface area contributed by atoms with Crippen molar-refractivity contribution < 1.29 is 27.6 Å². The van der Waals surface area contributed by atoms with Crippen molar-refractivity contribution in [3.63, 3.8) is 0 Å². The molecule has 50 heavy (non-hydrogen) atoms. The first-order valence-corrected chi connectivity index (χ1v) is 16.6. The molecule has 248 valence electrons. The summed E-state index contributed by atoms with van der Waals surface area (Å²) in [6, 6.07) is 36.5. The Hall–Kier alpha value is -5.27. The zero-order valence-electron chi connectivity index (χ0n) is 27.0. The Balaban J connectivity index is 1.52. The first kappa shape index (κ1) is 32.0. The van der Waals surface area contributed by atoms with Crippen molar-refractivity contribution in [1.29, 1.82) is 0 Å². The Kier molecular flexibility index (Phi) is 7.11. The molecular formula is C42H29ClF3NO3. The van der Waals surface area contributed by atoms with E-state index in [4.69, 9.17) is 11.6 Å². The van der Waals surface area contributed by atoms with Crippen LogP contribution in [0.2, 0.25) is 5.02 Å². The number of allylic oxidation sites excluding steroid dienone is 2. The summed E-state index contributed by atoms with van der Waals surface area (Å²) < 4.78 is 42.3. The Morgan fingerprint density at radius 2 is 1.02 bits per heavy atom. The molecule has 2 fully saturated rings.